The fraction of sp³-hybridized carbons (Fsp3) is 0.571. The van der Waals surface area contributed by atoms with Crippen molar-refractivity contribution < 1.29 is 9.84 Å². The van der Waals surface area contributed by atoms with E-state index in [1.54, 1.807) is 0 Å². The van der Waals surface area contributed by atoms with E-state index in [1.807, 2.05) is 25.1 Å². The molecule has 1 fully saturated rings. The van der Waals surface area contributed by atoms with Gasteiger partial charge in [-0.1, -0.05) is 28.1 Å². The van der Waals surface area contributed by atoms with E-state index in [1.165, 1.54) is 0 Å². The van der Waals surface area contributed by atoms with Crippen molar-refractivity contribution in [3.8, 4) is 0 Å². The number of hydrogen-bond donors (Lipinski definition) is 1. The van der Waals surface area contributed by atoms with Crippen LogP contribution in [0.5, 0.6) is 0 Å². The van der Waals surface area contributed by atoms with Crippen LogP contribution in [0.25, 0.3) is 0 Å². The number of nitrogens with zero attached hydrogens (tertiary/aromatic N) is 1. The van der Waals surface area contributed by atoms with Gasteiger partial charge in [-0.2, -0.15) is 0 Å². The number of aryl methyl sites for hydroxylation is 1. The second kappa shape index (κ2) is 6.66. The van der Waals surface area contributed by atoms with Gasteiger partial charge in [0.05, 0.1) is 19.3 Å². The number of morpholine rings is 1. The van der Waals surface area contributed by atoms with Crippen molar-refractivity contribution in [2.24, 2.45) is 0 Å². The molecule has 0 aromatic heterocycles. The Morgan fingerprint density at radius 1 is 1.39 bits per heavy atom. The molecule has 3 nitrogen and oxygen atoms in total. The van der Waals surface area contributed by atoms with Crippen molar-refractivity contribution in [3.63, 3.8) is 0 Å². The number of benzene rings is 1. The van der Waals surface area contributed by atoms with E-state index in [-0.39, 0.29) is 6.10 Å². The number of halogens is 1. The van der Waals surface area contributed by atoms with Gasteiger partial charge in [0.1, 0.15) is 0 Å². The summed E-state index contributed by atoms with van der Waals surface area (Å²) >= 11 is 3.48. The van der Waals surface area contributed by atoms with Gasteiger partial charge in [0.2, 0.25) is 0 Å². The highest BCUT2D eigenvalue weighted by Crippen LogP contribution is 2.23. The fourth-order valence-electron chi connectivity index (χ4n) is 2.17. The van der Waals surface area contributed by atoms with E-state index in [0.717, 1.165) is 54.9 Å². The quantitative estimate of drug-likeness (QED) is 0.927. The van der Waals surface area contributed by atoms with Gasteiger partial charge in [-0.25, -0.2) is 0 Å². The SMILES string of the molecule is Cc1cc(C(O)CCN2CCOCC2)ccc1Br. The Morgan fingerprint density at radius 2 is 2.11 bits per heavy atom. The Bertz CT molecular complexity index is 391. The highest BCUT2D eigenvalue weighted by Gasteiger charge is 2.14. The zero-order chi connectivity index (χ0) is 13.0. The minimum Gasteiger partial charge on any atom is -0.388 e. The molecule has 0 spiro atoms. The Hall–Kier alpha value is -0.420. The summed E-state index contributed by atoms with van der Waals surface area (Å²) in [6.45, 7) is 6.56. The lowest BCUT2D eigenvalue weighted by atomic mass is 10.0. The molecule has 0 aliphatic carbocycles. The molecule has 18 heavy (non-hydrogen) atoms. The van der Waals surface area contributed by atoms with Crippen LogP contribution in [0.15, 0.2) is 22.7 Å². The summed E-state index contributed by atoms with van der Waals surface area (Å²) in [5.41, 5.74) is 2.17. The summed E-state index contributed by atoms with van der Waals surface area (Å²) in [5, 5.41) is 10.2. The van der Waals surface area contributed by atoms with Gasteiger partial charge in [0.15, 0.2) is 0 Å². The summed E-state index contributed by atoms with van der Waals surface area (Å²) in [4.78, 5) is 2.35. The molecule has 1 atom stereocenters. The molecule has 1 heterocycles. The maximum atomic E-state index is 10.2. The minimum absolute atomic E-state index is 0.375. The van der Waals surface area contributed by atoms with Gasteiger partial charge in [-0.3, -0.25) is 4.90 Å². The predicted molar refractivity (Wildman–Crippen MR) is 75.7 cm³/mol. The van der Waals surface area contributed by atoms with Gasteiger partial charge in [-0.05, 0) is 30.5 Å². The Balaban J connectivity index is 1.86. The summed E-state index contributed by atoms with van der Waals surface area (Å²) in [7, 11) is 0. The fourth-order valence-corrected chi connectivity index (χ4v) is 2.42. The molecule has 1 aliphatic rings. The van der Waals surface area contributed by atoms with Crippen molar-refractivity contribution in [2.75, 3.05) is 32.8 Å². The van der Waals surface area contributed by atoms with Crippen molar-refractivity contribution >= 4 is 15.9 Å². The molecule has 1 N–H and O–H groups in total. The molecule has 0 amide bonds. The molecule has 1 unspecified atom stereocenters. The van der Waals surface area contributed by atoms with E-state index in [2.05, 4.69) is 20.8 Å². The lowest BCUT2D eigenvalue weighted by Crippen LogP contribution is -2.37. The zero-order valence-electron chi connectivity index (χ0n) is 10.7. The van der Waals surface area contributed by atoms with Crippen LogP contribution in [0.2, 0.25) is 0 Å². The first-order valence-electron chi connectivity index (χ1n) is 6.41. The molecule has 1 saturated heterocycles. The highest BCUT2D eigenvalue weighted by molar-refractivity contribution is 9.10. The van der Waals surface area contributed by atoms with E-state index in [9.17, 15) is 5.11 Å². The second-order valence-electron chi connectivity index (χ2n) is 4.77. The number of hydrogen-bond acceptors (Lipinski definition) is 3. The topological polar surface area (TPSA) is 32.7 Å². The summed E-state index contributed by atoms with van der Waals surface area (Å²) in [6, 6.07) is 6.04. The summed E-state index contributed by atoms with van der Waals surface area (Å²) < 4.78 is 6.40. The molecule has 0 radical (unpaired) electrons. The molecular formula is C14H20BrNO2. The van der Waals surface area contributed by atoms with Gasteiger partial charge in [-0.15, -0.1) is 0 Å². The largest absolute Gasteiger partial charge is 0.388 e. The van der Waals surface area contributed by atoms with Crippen LogP contribution in [0.1, 0.15) is 23.7 Å². The van der Waals surface area contributed by atoms with Crippen LogP contribution in [-0.2, 0) is 4.74 Å². The van der Waals surface area contributed by atoms with Crippen LogP contribution >= 0.6 is 15.9 Å². The molecule has 2 rings (SSSR count). The van der Waals surface area contributed by atoms with Gasteiger partial charge >= 0.3 is 0 Å². The first-order chi connectivity index (χ1) is 8.66. The third-order valence-electron chi connectivity index (χ3n) is 3.39. The normalized spacial score (nSPS) is 18.8. The first kappa shape index (κ1) is 14.0. The molecule has 1 aliphatic heterocycles. The number of aliphatic hydroxyl groups excluding tert-OH is 1. The van der Waals surface area contributed by atoms with Crippen molar-refractivity contribution in [1.29, 1.82) is 0 Å². The van der Waals surface area contributed by atoms with Crippen LogP contribution in [0.3, 0.4) is 0 Å². The van der Waals surface area contributed by atoms with E-state index >= 15 is 0 Å². The summed E-state index contributed by atoms with van der Waals surface area (Å²) in [6.07, 6.45) is 0.404. The first-order valence-corrected chi connectivity index (χ1v) is 7.20. The smallest absolute Gasteiger partial charge is 0.0802 e. The number of aliphatic hydroxyl groups is 1. The van der Waals surface area contributed by atoms with Crippen LogP contribution in [0, 0.1) is 6.92 Å². The van der Waals surface area contributed by atoms with Crippen molar-refractivity contribution in [3.05, 3.63) is 33.8 Å². The van der Waals surface area contributed by atoms with Gasteiger partial charge in [0.25, 0.3) is 0 Å². The van der Waals surface area contributed by atoms with Gasteiger partial charge in [0, 0.05) is 24.1 Å². The van der Waals surface area contributed by atoms with Crippen LogP contribution in [-0.4, -0.2) is 42.9 Å². The van der Waals surface area contributed by atoms with E-state index in [0.29, 0.717) is 0 Å². The molecule has 4 heteroatoms. The number of ether oxygens (including phenoxy) is 1. The molecular weight excluding hydrogens is 294 g/mol. The van der Waals surface area contributed by atoms with Crippen molar-refractivity contribution in [1.82, 2.24) is 4.90 Å². The van der Waals surface area contributed by atoms with E-state index < -0.39 is 0 Å². The number of rotatable bonds is 4. The predicted octanol–water partition coefficient (Wildman–Crippen LogP) is 2.51. The highest BCUT2D eigenvalue weighted by atomic mass is 79.9. The Labute approximate surface area is 117 Å². The molecule has 1 aromatic rings. The van der Waals surface area contributed by atoms with E-state index in [4.69, 9.17) is 4.74 Å². The van der Waals surface area contributed by atoms with Crippen LogP contribution in [0.4, 0.5) is 0 Å². The molecule has 0 bridgehead atoms. The van der Waals surface area contributed by atoms with Gasteiger partial charge < -0.3 is 9.84 Å². The lowest BCUT2D eigenvalue weighted by Gasteiger charge is -2.27. The molecule has 0 saturated carbocycles. The maximum absolute atomic E-state index is 10.2. The minimum atomic E-state index is -0.375. The monoisotopic (exact) mass is 313 g/mol. The second-order valence-corrected chi connectivity index (χ2v) is 5.62. The standard InChI is InChI=1S/C14H20BrNO2/c1-11-10-12(2-3-13(11)15)14(17)4-5-16-6-8-18-9-7-16/h2-3,10,14,17H,4-9H2,1H3. The Morgan fingerprint density at radius 3 is 2.78 bits per heavy atom. The molecule has 100 valence electrons. The third kappa shape index (κ3) is 3.79. The Kier molecular flexibility index (Phi) is 5.18. The zero-order valence-corrected chi connectivity index (χ0v) is 12.3. The molecule has 1 aromatic carbocycles. The van der Waals surface area contributed by atoms with Crippen LogP contribution < -0.4 is 0 Å². The third-order valence-corrected chi connectivity index (χ3v) is 4.28. The maximum Gasteiger partial charge on any atom is 0.0802 e. The lowest BCUT2D eigenvalue weighted by molar-refractivity contribution is 0.0300. The van der Waals surface area contributed by atoms with Crippen molar-refractivity contribution in [2.45, 2.75) is 19.4 Å². The average molecular weight is 314 g/mol. The summed E-state index contributed by atoms with van der Waals surface area (Å²) in [5.74, 6) is 0. The average Bonchev–Trinajstić information content (AvgIpc) is 2.40.